The predicted molar refractivity (Wildman–Crippen MR) is 59.9 cm³/mol. The van der Waals surface area contributed by atoms with Gasteiger partial charge in [-0.2, -0.15) is 0 Å². The normalized spacial score (nSPS) is 9.21. The molecule has 0 unspecified atom stereocenters. The van der Waals surface area contributed by atoms with E-state index in [1.54, 1.807) is 25.1 Å². The number of hydrogen-bond acceptors (Lipinski definition) is 3. The molecule has 0 fully saturated rings. The second-order valence-electron chi connectivity index (χ2n) is 2.49. The van der Waals surface area contributed by atoms with Crippen LogP contribution in [0.2, 0.25) is 0 Å². The fraction of sp³-hybridized carbons (Fsp3) is 0.222. The highest BCUT2D eigenvalue weighted by molar-refractivity contribution is 14.1. The minimum atomic E-state index is -0.366. The summed E-state index contributed by atoms with van der Waals surface area (Å²) in [6, 6.07) is 4.75. The summed E-state index contributed by atoms with van der Waals surface area (Å²) in [6.07, 6.45) is 0. The molecular formula is C9H8IN2O2+. The van der Waals surface area contributed by atoms with Crippen LogP contribution in [0.4, 0.5) is 5.69 Å². The highest BCUT2D eigenvalue weighted by atomic mass is 127. The van der Waals surface area contributed by atoms with Crippen molar-refractivity contribution in [3.8, 4) is 0 Å². The minimum absolute atomic E-state index is 0.349. The first-order valence-corrected chi connectivity index (χ1v) is 5.08. The van der Waals surface area contributed by atoms with Gasteiger partial charge in [0.25, 0.3) is 0 Å². The van der Waals surface area contributed by atoms with E-state index in [0.717, 1.165) is 0 Å². The number of diazo groups is 1. The van der Waals surface area contributed by atoms with Gasteiger partial charge in [0.15, 0.2) is 4.98 Å². The van der Waals surface area contributed by atoms with Crippen LogP contribution in [0.5, 0.6) is 0 Å². The maximum Gasteiger partial charge on any atom is 0.398 e. The lowest BCUT2D eigenvalue weighted by molar-refractivity contribution is 0.0526. The highest BCUT2D eigenvalue weighted by Gasteiger charge is 2.14. The molecule has 0 aliphatic carbocycles. The average molecular weight is 303 g/mol. The Bertz CT molecular complexity index is 398. The standard InChI is InChI=1S/C9H8IN2O2/c1-2-14-9(13)6-3-4-8(12-11)7(10)5-6/h3-5H,2H2,1H3/q+1. The Morgan fingerprint density at radius 2 is 2.36 bits per heavy atom. The van der Waals surface area contributed by atoms with Crippen LogP contribution in [0.15, 0.2) is 18.2 Å². The molecule has 0 aliphatic rings. The number of benzene rings is 1. The molecule has 0 spiro atoms. The van der Waals surface area contributed by atoms with E-state index in [0.29, 0.717) is 21.4 Å². The molecule has 0 amide bonds. The summed E-state index contributed by atoms with van der Waals surface area (Å²) in [4.78, 5) is 14.3. The number of nitrogens with zero attached hydrogens (tertiary/aromatic N) is 2. The molecule has 0 bridgehead atoms. The van der Waals surface area contributed by atoms with Gasteiger partial charge in [0, 0.05) is 6.07 Å². The molecule has 0 atom stereocenters. The molecule has 0 aromatic heterocycles. The van der Waals surface area contributed by atoms with Gasteiger partial charge in [-0.3, -0.25) is 0 Å². The number of carbonyl (C=O) groups is 1. The molecule has 5 heteroatoms. The van der Waals surface area contributed by atoms with Crippen molar-refractivity contribution in [2.75, 3.05) is 6.61 Å². The predicted octanol–water partition coefficient (Wildman–Crippen LogP) is 2.95. The van der Waals surface area contributed by atoms with Gasteiger partial charge >= 0.3 is 11.7 Å². The highest BCUT2D eigenvalue weighted by Crippen LogP contribution is 2.22. The van der Waals surface area contributed by atoms with Crippen LogP contribution in [-0.4, -0.2) is 12.6 Å². The van der Waals surface area contributed by atoms with E-state index in [4.69, 9.17) is 10.1 Å². The zero-order valence-corrected chi connectivity index (χ0v) is 9.69. The van der Waals surface area contributed by atoms with Crippen LogP contribution in [0.1, 0.15) is 17.3 Å². The summed E-state index contributed by atoms with van der Waals surface area (Å²) in [7, 11) is 0. The topological polar surface area (TPSA) is 54.5 Å². The largest absolute Gasteiger partial charge is 0.462 e. The summed E-state index contributed by atoms with van der Waals surface area (Å²) in [5.41, 5.74) is 0.905. The van der Waals surface area contributed by atoms with Gasteiger partial charge in [-0.15, -0.1) is 0 Å². The second kappa shape index (κ2) is 4.91. The molecule has 0 N–H and O–H groups in total. The molecule has 72 valence electrons. The summed E-state index contributed by atoms with van der Waals surface area (Å²) >= 11 is 1.99. The first-order valence-electron chi connectivity index (χ1n) is 4.00. The minimum Gasteiger partial charge on any atom is -0.462 e. The average Bonchev–Trinajstić information content (AvgIpc) is 2.18. The van der Waals surface area contributed by atoms with E-state index >= 15 is 0 Å². The Hall–Kier alpha value is -1.16. The summed E-state index contributed by atoms with van der Waals surface area (Å²) in [5, 5.41) is 8.56. The van der Waals surface area contributed by atoms with Crippen LogP contribution >= 0.6 is 22.6 Å². The Balaban J connectivity index is 2.98. The number of hydrogen-bond donors (Lipinski definition) is 0. The molecule has 1 aromatic rings. The first kappa shape index (κ1) is 10.9. The van der Waals surface area contributed by atoms with Crippen LogP contribution in [-0.2, 0) is 4.74 Å². The third-order valence-electron chi connectivity index (χ3n) is 1.57. The van der Waals surface area contributed by atoms with E-state index < -0.39 is 0 Å². The Morgan fingerprint density at radius 1 is 1.64 bits per heavy atom. The monoisotopic (exact) mass is 303 g/mol. The molecule has 0 saturated carbocycles. The SMILES string of the molecule is CCOC(=O)c1ccc([N+]#N)c(I)c1. The van der Waals surface area contributed by atoms with E-state index in [2.05, 4.69) is 4.98 Å². The van der Waals surface area contributed by atoms with Gasteiger partial charge in [-0.25, -0.2) is 4.79 Å². The number of esters is 1. The van der Waals surface area contributed by atoms with Crippen molar-refractivity contribution in [2.45, 2.75) is 6.92 Å². The summed E-state index contributed by atoms with van der Waals surface area (Å²) in [6.45, 7) is 2.10. The van der Waals surface area contributed by atoms with Crippen molar-refractivity contribution < 1.29 is 9.53 Å². The van der Waals surface area contributed by atoms with Crippen LogP contribution in [0, 0.1) is 8.96 Å². The molecule has 0 saturated heterocycles. The molecule has 0 aliphatic heterocycles. The van der Waals surface area contributed by atoms with Gasteiger partial charge in [-0.1, -0.05) is 0 Å². The van der Waals surface area contributed by atoms with Gasteiger partial charge in [0.1, 0.15) is 3.57 Å². The van der Waals surface area contributed by atoms with Crippen molar-refractivity contribution in [3.63, 3.8) is 0 Å². The third kappa shape index (κ3) is 2.42. The van der Waals surface area contributed by atoms with E-state index in [9.17, 15) is 4.79 Å². The zero-order chi connectivity index (χ0) is 10.6. The number of carbonyl (C=O) groups excluding carboxylic acids is 1. The lowest BCUT2D eigenvalue weighted by Crippen LogP contribution is -2.04. The fourth-order valence-electron chi connectivity index (χ4n) is 0.929. The number of ether oxygens (including phenoxy) is 1. The molecule has 0 radical (unpaired) electrons. The van der Waals surface area contributed by atoms with Crippen LogP contribution in [0.25, 0.3) is 4.98 Å². The lowest BCUT2D eigenvalue weighted by Gasteiger charge is -2.00. The molecule has 0 heterocycles. The van der Waals surface area contributed by atoms with Crippen molar-refractivity contribution in [2.24, 2.45) is 0 Å². The third-order valence-corrected chi connectivity index (χ3v) is 2.43. The molecule has 4 nitrogen and oxygen atoms in total. The number of rotatable bonds is 2. The molecule has 14 heavy (non-hydrogen) atoms. The van der Waals surface area contributed by atoms with Crippen molar-refractivity contribution in [1.82, 2.24) is 0 Å². The maximum absolute atomic E-state index is 11.3. The van der Waals surface area contributed by atoms with Gasteiger partial charge in [0.2, 0.25) is 5.39 Å². The lowest BCUT2D eigenvalue weighted by atomic mass is 10.2. The Morgan fingerprint density at radius 3 is 2.86 bits per heavy atom. The van der Waals surface area contributed by atoms with Gasteiger partial charge < -0.3 is 4.74 Å². The van der Waals surface area contributed by atoms with E-state index in [-0.39, 0.29) is 5.97 Å². The van der Waals surface area contributed by atoms with Gasteiger partial charge in [-0.05, 0) is 41.6 Å². The second-order valence-corrected chi connectivity index (χ2v) is 3.65. The van der Waals surface area contributed by atoms with E-state index in [1.165, 1.54) is 0 Å². The number of halogens is 1. The van der Waals surface area contributed by atoms with Crippen molar-refractivity contribution in [3.05, 3.63) is 32.3 Å². The molecule has 1 rings (SSSR count). The zero-order valence-electron chi connectivity index (χ0n) is 7.53. The fourth-order valence-corrected chi connectivity index (χ4v) is 1.55. The van der Waals surface area contributed by atoms with Crippen molar-refractivity contribution in [1.29, 1.82) is 5.39 Å². The van der Waals surface area contributed by atoms with Gasteiger partial charge in [0.05, 0.1) is 12.2 Å². The van der Waals surface area contributed by atoms with Crippen LogP contribution in [0.3, 0.4) is 0 Å². The summed E-state index contributed by atoms with van der Waals surface area (Å²) < 4.78 is 5.53. The van der Waals surface area contributed by atoms with Crippen LogP contribution < -0.4 is 0 Å². The quantitative estimate of drug-likeness (QED) is 0.479. The molecular weight excluding hydrogens is 295 g/mol. The molecule has 1 aromatic carbocycles. The first-order chi connectivity index (χ1) is 6.69. The smallest absolute Gasteiger partial charge is 0.398 e. The Kier molecular flexibility index (Phi) is 3.83. The maximum atomic E-state index is 11.3. The van der Waals surface area contributed by atoms with Crippen molar-refractivity contribution >= 4 is 34.2 Å². The Labute approximate surface area is 95.0 Å². The van der Waals surface area contributed by atoms with E-state index in [1.807, 2.05) is 22.6 Å². The summed E-state index contributed by atoms with van der Waals surface area (Å²) in [5.74, 6) is -0.366.